The van der Waals surface area contributed by atoms with E-state index in [0.717, 1.165) is 9.87 Å². The minimum Gasteiger partial charge on any atom is -0.398 e. The first-order valence-corrected chi connectivity index (χ1v) is 8.16. The van der Waals surface area contributed by atoms with Crippen molar-refractivity contribution in [2.75, 3.05) is 25.9 Å². The maximum absolute atomic E-state index is 12.7. The van der Waals surface area contributed by atoms with Crippen LogP contribution in [0.1, 0.15) is 23.6 Å². The van der Waals surface area contributed by atoms with Crippen molar-refractivity contribution in [2.45, 2.75) is 32.6 Å². The molecule has 0 aromatic heterocycles. The molecule has 7 heteroatoms. The number of benzene rings is 1. The van der Waals surface area contributed by atoms with E-state index in [2.05, 4.69) is 5.32 Å². The molecule has 0 aliphatic rings. The zero-order chi connectivity index (χ0) is 16.4. The number of amides is 1. The molecular formula is C14H23N3O3S. The maximum atomic E-state index is 12.7. The Bertz CT molecular complexity index is 628. The van der Waals surface area contributed by atoms with Crippen LogP contribution in [0.4, 0.5) is 5.69 Å². The van der Waals surface area contributed by atoms with Crippen LogP contribution >= 0.6 is 0 Å². The molecule has 21 heavy (non-hydrogen) atoms. The monoisotopic (exact) mass is 313 g/mol. The summed E-state index contributed by atoms with van der Waals surface area (Å²) in [5.41, 5.74) is 8.29. The lowest BCUT2D eigenvalue weighted by atomic mass is 10.1. The number of sulfonamides is 1. The van der Waals surface area contributed by atoms with Crippen molar-refractivity contribution in [3.63, 3.8) is 0 Å². The molecule has 1 aromatic rings. The summed E-state index contributed by atoms with van der Waals surface area (Å²) in [7, 11) is -2.38. The maximum Gasteiger partial charge on any atom is 0.243 e. The minimum absolute atomic E-state index is 0.187. The molecule has 6 nitrogen and oxygen atoms in total. The molecule has 118 valence electrons. The number of anilines is 1. The van der Waals surface area contributed by atoms with Gasteiger partial charge in [0.25, 0.3) is 0 Å². The van der Waals surface area contributed by atoms with Crippen LogP contribution in [-0.4, -0.2) is 38.8 Å². The van der Waals surface area contributed by atoms with Crippen LogP contribution in [0, 0.1) is 20.8 Å². The van der Waals surface area contributed by atoms with Gasteiger partial charge in [0.15, 0.2) is 0 Å². The molecule has 3 N–H and O–H groups in total. The van der Waals surface area contributed by atoms with Crippen LogP contribution in [-0.2, 0) is 14.8 Å². The summed E-state index contributed by atoms with van der Waals surface area (Å²) in [6.07, 6.45) is 0. The number of likely N-dealkylation sites (N-methyl/N-ethyl adjacent to an activating group) is 2. The van der Waals surface area contributed by atoms with Gasteiger partial charge in [-0.25, -0.2) is 8.42 Å². The molecule has 0 saturated heterocycles. The summed E-state index contributed by atoms with van der Waals surface area (Å²) in [6, 6.07) is 1.76. The zero-order valence-corrected chi connectivity index (χ0v) is 14.0. The number of rotatable bonds is 5. The van der Waals surface area contributed by atoms with E-state index >= 15 is 0 Å². The van der Waals surface area contributed by atoms with Crippen LogP contribution in [0.15, 0.2) is 11.0 Å². The van der Waals surface area contributed by atoms with Gasteiger partial charge in [0, 0.05) is 19.3 Å². The smallest absolute Gasteiger partial charge is 0.243 e. The number of nitrogens with one attached hydrogen (secondary N) is 1. The molecule has 0 bridgehead atoms. The van der Waals surface area contributed by atoms with Gasteiger partial charge in [0.05, 0.1) is 11.4 Å². The predicted octanol–water partition coefficient (Wildman–Crippen LogP) is 0.951. The Balaban J connectivity index is 3.29. The minimum atomic E-state index is -3.77. The van der Waals surface area contributed by atoms with Gasteiger partial charge in [-0.05, 0) is 50.5 Å². The number of carbonyl (C=O) groups excluding carboxylic acids is 1. The summed E-state index contributed by atoms with van der Waals surface area (Å²) in [4.78, 5) is 11.8. The Morgan fingerprint density at radius 2 is 1.86 bits per heavy atom. The van der Waals surface area contributed by atoms with E-state index in [4.69, 9.17) is 5.73 Å². The molecule has 1 aromatic carbocycles. The second-order valence-corrected chi connectivity index (χ2v) is 7.06. The molecule has 0 aliphatic carbocycles. The van der Waals surface area contributed by atoms with Gasteiger partial charge in [0.2, 0.25) is 15.9 Å². The van der Waals surface area contributed by atoms with Crippen molar-refractivity contribution in [3.05, 3.63) is 22.8 Å². The molecule has 0 atom stereocenters. The van der Waals surface area contributed by atoms with Crippen molar-refractivity contribution in [3.8, 4) is 0 Å². The Morgan fingerprint density at radius 1 is 1.29 bits per heavy atom. The first-order chi connectivity index (χ1) is 9.62. The molecule has 0 spiro atoms. The lowest BCUT2D eigenvalue weighted by Crippen LogP contribution is -2.38. The normalized spacial score (nSPS) is 11.7. The van der Waals surface area contributed by atoms with Gasteiger partial charge in [-0.2, -0.15) is 4.31 Å². The fraction of sp³-hybridized carbons (Fsp3) is 0.500. The number of nitrogens with zero attached hydrogens (tertiary/aromatic N) is 1. The number of carbonyl (C=O) groups is 1. The molecule has 1 rings (SSSR count). The highest BCUT2D eigenvalue weighted by atomic mass is 32.2. The molecule has 0 radical (unpaired) electrons. The zero-order valence-electron chi connectivity index (χ0n) is 13.1. The largest absolute Gasteiger partial charge is 0.398 e. The molecular weight excluding hydrogens is 290 g/mol. The third-order valence-electron chi connectivity index (χ3n) is 3.49. The van der Waals surface area contributed by atoms with Crippen molar-refractivity contribution >= 4 is 21.6 Å². The van der Waals surface area contributed by atoms with Gasteiger partial charge < -0.3 is 11.1 Å². The lowest BCUT2D eigenvalue weighted by molar-refractivity contribution is -0.121. The van der Waals surface area contributed by atoms with Gasteiger partial charge >= 0.3 is 0 Å². The Labute approximate surface area is 126 Å². The highest BCUT2D eigenvalue weighted by Crippen LogP contribution is 2.29. The van der Waals surface area contributed by atoms with Crippen LogP contribution in [0.3, 0.4) is 0 Å². The van der Waals surface area contributed by atoms with Crippen LogP contribution < -0.4 is 11.1 Å². The third kappa shape index (κ3) is 3.54. The van der Waals surface area contributed by atoms with E-state index in [9.17, 15) is 13.2 Å². The molecule has 1 amide bonds. The van der Waals surface area contributed by atoms with Crippen molar-refractivity contribution in [2.24, 2.45) is 0 Å². The number of hydrogen-bond donors (Lipinski definition) is 2. The van der Waals surface area contributed by atoms with Gasteiger partial charge in [-0.1, -0.05) is 0 Å². The fourth-order valence-electron chi connectivity index (χ4n) is 2.12. The van der Waals surface area contributed by atoms with Crippen molar-refractivity contribution in [1.29, 1.82) is 0 Å². The first kappa shape index (κ1) is 17.5. The summed E-state index contributed by atoms with van der Waals surface area (Å²) >= 11 is 0. The summed E-state index contributed by atoms with van der Waals surface area (Å²) in [6.45, 7) is 7.25. The highest BCUT2D eigenvalue weighted by Gasteiger charge is 2.27. The molecule has 0 heterocycles. The number of aryl methyl sites for hydroxylation is 1. The Kier molecular flexibility index (Phi) is 5.36. The van der Waals surface area contributed by atoms with Gasteiger partial charge in [-0.3, -0.25) is 4.79 Å². The highest BCUT2D eigenvalue weighted by molar-refractivity contribution is 7.89. The molecule has 0 saturated carbocycles. The van der Waals surface area contributed by atoms with E-state index in [0.29, 0.717) is 23.4 Å². The van der Waals surface area contributed by atoms with E-state index in [1.807, 2.05) is 6.92 Å². The topological polar surface area (TPSA) is 92.5 Å². The average molecular weight is 313 g/mol. The first-order valence-electron chi connectivity index (χ1n) is 6.72. The summed E-state index contributed by atoms with van der Waals surface area (Å²) in [5, 5.41) is 2.58. The van der Waals surface area contributed by atoms with Crippen molar-refractivity contribution < 1.29 is 13.2 Å². The fourth-order valence-corrected chi connectivity index (χ4v) is 3.78. The summed E-state index contributed by atoms with van der Waals surface area (Å²) in [5.74, 6) is -0.334. The average Bonchev–Trinajstić information content (AvgIpc) is 2.36. The predicted molar refractivity (Wildman–Crippen MR) is 83.6 cm³/mol. The number of nitrogens with two attached hydrogens (primary N) is 1. The quantitative estimate of drug-likeness (QED) is 0.792. The van der Waals surface area contributed by atoms with Crippen molar-refractivity contribution in [1.82, 2.24) is 9.62 Å². The SMILES string of the molecule is CCNC(=O)CN(C)S(=O)(=O)c1c(C)c(C)cc(N)c1C. The van der Waals surface area contributed by atoms with Crippen LogP contribution in [0.25, 0.3) is 0 Å². The van der Waals surface area contributed by atoms with Gasteiger partial charge in [0.1, 0.15) is 0 Å². The van der Waals surface area contributed by atoms with E-state index < -0.39 is 10.0 Å². The summed E-state index contributed by atoms with van der Waals surface area (Å²) < 4.78 is 26.5. The van der Waals surface area contributed by atoms with Crippen LogP contribution in [0.5, 0.6) is 0 Å². The number of hydrogen-bond acceptors (Lipinski definition) is 4. The molecule has 0 fully saturated rings. The van der Waals surface area contributed by atoms with Crippen LogP contribution in [0.2, 0.25) is 0 Å². The second kappa shape index (κ2) is 6.44. The van der Waals surface area contributed by atoms with E-state index in [-0.39, 0.29) is 17.3 Å². The lowest BCUT2D eigenvalue weighted by Gasteiger charge is -2.21. The van der Waals surface area contributed by atoms with E-state index in [1.54, 1.807) is 26.8 Å². The Hall–Kier alpha value is -1.60. The number of nitrogen functional groups attached to an aromatic ring is 1. The molecule has 0 aliphatic heterocycles. The van der Waals surface area contributed by atoms with E-state index in [1.165, 1.54) is 7.05 Å². The van der Waals surface area contributed by atoms with Gasteiger partial charge in [-0.15, -0.1) is 0 Å². The second-order valence-electron chi connectivity index (χ2n) is 5.08. The third-order valence-corrected chi connectivity index (χ3v) is 5.56. The standard InChI is InChI=1S/C14H23N3O3S/c1-6-16-13(18)8-17(5)21(19,20)14-10(3)9(2)7-12(15)11(14)4/h7H,6,8,15H2,1-5H3,(H,16,18). The Morgan fingerprint density at radius 3 is 2.38 bits per heavy atom. The molecule has 0 unspecified atom stereocenters.